The standard InChI is InChI=1S/C17H11ClN2S2/c18-12-5-6-13-11(9-12)10-19-16(14-3-1-7-21-14)17(20-13)15-4-2-8-22-15/h1-9H,10H2. The van der Waals surface area contributed by atoms with Crippen molar-refractivity contribution in [3.63, 3.8) is 0 Å². The number of halogens is 1. The second-order valence-corrected chi connectivity index (χ2v) is 7.18. The Bertz CT molecular complexity index is 862. The van der Waals surface area contributed by atoms with Crippen LogP contribution in [0.3, 0.4) is 0 Å². The molecule has 2 aromatic heterocycles. The van der Waals surface area contributed by atoms with E-state index in [0.717, 1.165) is 37.5 Å². The largest absolute Gasteiger partial charge is 0.277 e. The van der Waals surface area contributed by atoms with Gasteiger partial charge in [0.25, 0.3) is 0 Å². The molecule has 5 heteroatoms. The van der Waals surface area contributed by atoms with Crippen LogP contribution in [0.1, 0.15) is 15.3 Å². The number of hydrogen-bond acceptors (Lipinski definition) is 4. The Kier molecular flexibility index (Phi) is 3.66. The average Bonchev–Trinajstić information content (AvgIpc) is 3.19. The predicted octanol–water partition coefficient (Wildman–Crippen LogP) is 5.59. The quantitative estimate of drug-likeness (QED) is 0.580. The van der Waals surface area contributed by atoms with Crippen LogP contribution >= 0.6 is 34.3 Å². The van der Waals surface area contributed by atoms with Crippen LogP contribution in [-0.4, -0.2) is 11.4 Å². The van der Waals surface area contributed by atoms with Crippen molar-refractivity contribution in [3.8, 4) is 0 Å². The molecule has 3 heterocycles. The van der Waals surface area contributed by atoms with Crippen LogP contribution in [0.25, 0.3) is 0 Å². The lowest BCUT2D eigenvalue weighted by molar-refractivity contribution is 1.08. The van der Waals surface area contributed by atoms with Crippen LogP contribution in [0.15, 0.2) is 63.2 Å². The molecule has 2 nitrogen and oxygen atoms in total. The summed E-state index contributed by atoms with van der Waals surface area (Å²) in [6.07, 6.45) is 0. The van der Waals surface area contributed by atoms with Crippen molar-refractivity contribution in [2.75, 3.05) is 0 Å². The predicted molar refractivity (Wildman–Crippen MR) is 96.5 cm³/mol. The van der Waals surface area contributed by atoms with Gasteiger partial charge in [-0.3, -0.25) is 4.99 Å². The SMILES string of the molecule is Clc1ccc2c(c1)CN=C(c1cccs1)C(c1cccs1)=N2. The maximum atomic E-state index is 6.11. The van der Waals surface area contributed by atoms with E-state index in [1.54, 1.807) is 22.7 Å². The highest BCUT2D eigenvalue weighted by molar-refractivity contribution is 7.15. The normalized spacial score (nSPS) is 14.0. The third kappa shape index (κ3) is 2.54. The minimum atomic E-state index is 0.599. The van der Waals surface area contributed by atoms with Crippen molar-refractivity contribution in [2.45, 2.75) is 6.54 Å². The van der Waals surface area contributed by atoms with Gasteiger partial charge in [-0.2, -0.15) is 0 Å². The smallest absolute Gasteiger partial charge is 0.108 e. The van der Waals surface area contributed by atoms with E-state index in [0.29, 0.717) is 6.54 Å². The van der Waals surface area contributed by atoms with Crippen molar-refractivity contribution < 1.29 is 0 Å². The zero-order valence-corrected chi connectivity index (χ0v) is 13.9. The molecule has 0 spiro atoms. The van der Waals surface area contributed by atoms with Gasteiger partial charge in [-0.25, -0.2) is 4.99 Å². The first-order chi connectivity index (χ1) is 10.8. The van der Waals surface area contributed by atoms with Gasteiger partial charge in [0.2, 0.25) is 0 Å². The number of benzene rings is 1. The summed E-state index contributed by atoms with van der Waals surface area (Å²) in [7, 11) is 0. The van der Waals surface area contributed by atoms with Gasteiger partial charge in [-0.1, -0.05) is 23.7 Å². The first-order valence-corrected chi connectivity index (χ1v) is 8.95. The van der Waals surface area contributed by atoms with Crippen LogP contribution in [0.5, 0.6) is 0 Å². The molecule has 4 rings (SSSR count). The number of rotatable bonds is 2. The van der Waals surface area contributed by atoms with Gasteiger partial charge in [-0.05, 0) is 41.1 Å². The highest BCUT2D eigenvalue weighted by atomic mass is 35.5. The van der Waals surface area contributed by atoms with Crippen molar-refractivity contribution in [1.82, 2.24) is 0 Å². The molecule has 0 bridgehead atoms. The number of nitrogens with zero attached hydrogens (tertiary/aromatic N) is 2. The Morgan fingerprint density at radius 1 is 0.909 bits per heavy atom. The molecule has 1 aliphatic heterocycles. The molecule has 0 N–H and O–H groups in total. The van der Waals surface area contributed by atoms with Crippen LogP contribution in [0.4, 0.5) is 5.69 Å². The van der Waals surface area contributed by atoms with E-state index in [1.165, 1.54) is 0 Å². The van der Waals surface area contributed by atoms with E-state index in [1.807, 2.05) is 30.3 Å². The summed E-state index contributed by atoms with van der Waals surface area (Å²) in [5, 5.41) is 4.86. The van der Waals surface area contributed by atoms with Crippen LogP contribution < -0.4 is 0 Å². The summed E-state index contributed by atoms with van der Waals surface area (Å²) in [5.74, 6) is 0. The van der Waals surface area contributed by atoms with E-state index in [-0.39, 0.29) is 0 Å². The summed E-state index contributed by atoms with van der Waals surface area (Å²) in [6.45, 7) is 0.599. The van der Waals surface area contributed by atoms with E-state index in [4.69, 9.17) is 21.6 Å². The van der Waals surface area contributed by atoms with E-state index < -0.39 is 0 Å². The Balaban J connectivity index is 1.92. The summed E-state index contributed by atoms with van der Waals surface area (Å²) >= 11 is 9.48. The van der Waals surface area contributed by atoms with E-state index in [9.17, 15) is 0 Å². The first-order valence-electron chi connectivity index (χ1n) is 6.81. The average molecular weight is 343 g/mol. The molecule has 0 unspecified atom stereocenters. The third-order valence-corrected chi connectivity index (χ3v) is 5.40. The zero-order chi connectivity index (χ0) is 14.9. The topological polar surface area (TPSA) is 24.7 Å². The first kappa shape index (κ1) is 13.9. The monoisotopic (exact) mass is 342 g/mol. The molecule has 0 saturated carbocycles. The molecular formula is C17H11ClN2S2. The minimum Gasteiger partial charge on any atom is -0.277 e. The van der Waals surface area contributed by atoms with Crippen LogP contribution in [-0.2, 0) is 6.54 Å². The number of hydrogen-bond donors (Lipinski definition) is 0. The Labute approximate surface area is 141 Å². The molecule has 22 heavy (non-hydrogen) atoms. The number of fused-ring (bicyclic) bond motifs is 1. The van der Waals surface area contributed by atoms with Crippen LogP contribution in [0, 0.1) is 0 Å². The molecule has 1 aromatic carbocycles. The van der Waals surface area contributed by atoms with Crippen molar-refractivity contribution >= 4 is 51.4 Å². The van der Waals surface area contributed by atoms with E-state index >= 15 is 0 Å². The zero-order valence-electron chi connectivity index (χ0n) is 11.5. The summed E-state index contributed by atoms with van der Waals surface area (Å²) in [5.41, 5.74) is 3.92. The summed E-state index contributed by atoms with van der Waals surface area (Å²) in [4.78, 5) is 12.0. The van der Waals surface area contributed by atoms with Gasteiger partial charge in [0.05, 0.1) is 22.0 Å². The fourth-order valence-corrected chi connectivity index (χ4v) is 4.04. The second kappa shape index (κ2) is 5.80. The van der Waals surface area contributed by atoms with Gasteiger partial charge in [-0.15, -0.1) is 22.7 Å². The molecule has 0 atom stereocenters. The summed E-state index contributed by atoms with van der Waals surface area (Å²) < 4.78 is 0. The maximum absolute atomic E-state index is 6.11. The van der Waals surface area contributed by atoms with Gasteiger partial charge in [0, 0.05) is 10.6 Å². The van der Waals surface area contributed by atoms with Crippen LogP contribution in [0.2, 0.25) is 5.02 Å². The molecule has 108 valence electrons. The molecule has 3 aromatic rings. The molecule has 0 amide bonds. The minimum absolute atomic E-state index is 0.599. The molecule has 1 aliphatic rings. The van der Waals surface area contributed by atoms with Gasteiger partial charge >= 0.3 is 0 Å². The Morgan fingerprint density at radius 3 is 2.32 bits per heavy atom. The molecule has 0 saturated heterocycles. The highest BCUT2D eigenvalue weighted by Gasteiger charge is 2.19. The highest BCUT2D eigenvalue weighted by Crippen LogP contribution is 2.30. The number of thiophene rings is 2. The van der Waals surface area contributed by atoms with E-state index in [2.05, 4.69) is 22.9 Å². The number of aliphatic imine (C=N–C) groups is 2. The van der Waals surface area contributed by atoms with Gasteiger partial charge < -0.3 is 0 Å². The van der Waals surface area contributed by atoms with Gasteiger partial charge in [0.15, 0.2) is 0 Å². The lowest BCUT2D eigenvalue weighted by Crippen LogP contribution is -2.14. The molecule has 0 radical (unpaired) electrons. The third-order valence-electron chi connectivity index (χ3n) is 3.41. The molecule has 0 aliphatic carbocycles. The summed E-state index contributed by atoms with van der Waals surface area (Å²) in [6, 6.07) is 14.1. The lowest BCUT2D eigenvalue weighted by atomic mass is 10.1. The Hall–Kier alpha value is -1.75. The van der Waals surface area contributed by atoms with Crippen molar-refractivity contribution in [3.05, 3.63) is 73.6 Å². The molecular weight excluding hydrogens is 332 g/mol. The fourth-order valence-electron chi connectivity index (χ4n) is 2.40. The van der Waals surface area contributed by atoms with Gasteiger partial charge in [0.1, 0.15) is 11.4 Å². The Morgan fingerprint density at radius 2 is 1.64 bits per heavy atom. The fraction of sp³-hybridized carbons (Fsp3) is 0.0588. The molecule has 0 fully saturated rings. The lowest BCUT2D eigenvalue weighted by Gasteiger charge is -2.05. The second-order valence-electron chi connectivity index (χ2n) is 4.85. The maximum Gasteiger partial charge on any atom is 0.108 e. The van der Waals surface area contributed by atoms with Crippen molar-refractivity contribution in [1.29, 1.82) is 0 Å². The van der Waals surface area contributed by atoms with Crippen molar-refractivity contribution in [2.24, 2.45) is 9.98 Å².